The van der Waals surface area contributed by atoms with E-state index >= 15 is 0 Å². The second kappa shape index (κ2) is 8.45. The summed E-state index contributed by atoms with van der Waals surface area (Å²) in [4.78, 5) is 26.3. The molecule has 0 spiro atoms. The second-order valence-corrected chi connectivity index (χ2v) is 8.51. The molecule has 4 heterocycles. The SMILES string of the molecule is Cc1nnc(-c2cc3cc(Nc4nc(N5CCN(C)CC5)ncc4Cl)ccc3n(C)c2=O)o1. The Morgan fingerprint density at radius 2 is 1.88 bits per heavy atom. The summed E-state index contributed by atoms with van der Waals surface area (Å²) < 4.78 is 7.05. The van der Waals surface area contributed by atoms with Gasteiger partial charge in [0.2, 0.25) is 11.8 Å². The summed E-state index contributed by atoms with van der Waals surface area (Å²) >= 11 is 6.39. The highest BCUT2D eigenvalue weighted by Crippen LogP contribution is 2.28. The van der Waals surface area contributed by atoms with Crippen molar-refractivity contribution in [3.63, 3.8) is 0 Å². The number of nitrogens with zero attached hydrogens (tertiary/aromatic N) is 7. The van der Waals surface area contributed by atoms with E-state index in [1.165, 1.54) is 0 Å². The Morgan fingerprint density at radius 3 is 2.61 bits per heavy atom. The second-order valence-electron chi connectivity index (χ2n) is 8.10. The molecule has 1 aromatic carbocycles. The van der Waals surface area contributed by atoms with Gasteiger partial charge in [-0.25, -0.2) is 4.98 Å². The van der Waals surface area contributed by atoms with Crippen molar-refractivity contribution in [1.29, 1.82) is 0 Å². The topological polar surface area (TPSA) is 105 Å². The van der Waals surface area contributed by atoms with Gasteiger partial charge in [-0.3, -0.25) is 4.79 Å². The number of likely N-dealkylation sites (N-methyl/N-ethyl adjacent to an activating group) is 1. The maximum Gasteiger partial charge on any atom is 0.263 e. The molecule has 1 aliphatic heterocycles. The highest BCUT2D eigenvalue weighted by atomic mass is 35.5. The number of fused-ring (bicyclic) bond motifs is 1. The zero-order valence-electron chi connectivity index (χ0n) is 18.5. The Kier molecular flexibility index (Phi) is 5.47. The van der Waals surface area contributed by atoms with Crippen LogP contribution in [0.5, 0.6) is 0 Å². The molecule has 0 aliphatic carbocycles. The average Bonchev–Trinajstić information content (AvgIpc) is 3.24. The van der Waals surface area contributed by atoms with Crippen molar-refractivity contribution >= 4 is 40.0 Å². The van der Waals surface area contributed by atoms with Gasteiger partial charge in [0.05, 0.1) is 11.7 Å². The molecule has 33 heavy (non-hydrogen) atoms. The van der Waals surface area contributed by atoms with E-state index in [1.54, 1.807) is 30.8 Å². The molecule has 1 fully saturated rings. The molecule has 1 aliphatic rings. The zero-order valence-corrected chi connectivity index (χ0v) is 19.3. The van der Waals surface area contributed by atoms with Crippen LogP contribution in [0.3, 0.4) is 0 Å². The summed E-state index contributed by atoms with van der Waals surface area (Å²) in [5, 5.41) is 12.4. The minimum atomic E-state index is -0.206. The zero-order chi connectivity index (χ0) is 23.1. The molecule has 0 bridgehead atoms. The molecule has 11 heteroatoms. The highest BCUT2D eigenvalue weighted by molar-refractivity contribution is 6.32. The van der Waals surface area contributed by atoms with E-state index in [9.17, 15) is 4.79 Å². The highest BCUT2D eigenvalue weighted by Gasteiger charge is 2.18. The third-order valence-electron chi connectivity index (χ3n) is 5.76. The summed E-state index contributed by atoms with van der Waals surface area (Å²) in [6.07, 6.45) is 1.62. The Labute approximate surface area is 194 Å². The maximum atomic E-state index is 12.8. The fourth-order valence-corrected chi connectivity index (χ4v) is 4.00. The van der Waals surface area contributed by atoms with E-state index in [0.29, 0.717) is 28.2 Å². The number of pyridine rings is 1. The number of piperazine rings is 1. The van der Waals surface area contributed by atoms with Crippen molar-refractivity contribution in [2.45, 2.75) is 6.92 Å². The average molecular weight is 467 g/mol. The third kappa shape index (κ3) is 4.14. The molecule has 1 N–H and O–H groups in total. The van der Waals surface area contributed by atoms with Crippen molar-refractivity contribution in [3.8, 4) is 11.5 Å². The molecule has 1 saturated heterocycles. The van der Waals surface area contributed by atoms with Gasteiger partial charge in [-0.15, -0.1) is 10.2 Å². The normalized spacial score (nSPS) is 14.7. The first-order valence-electron chi connectivity index (χ1n) is 10.6. The molecule has 0 radical (unpaired) electrons. The standard InChI is InChI=1S/C22H23ClN8O2/c1-13-27-28-20(33-13)16-11-14-10-15(4-5-18(14)30(3)21(16)32)25-19-17(23)12-24-22(26-19)31-8-6-29(2)7-9-31/h4-5,10-12H,6-9H2,1-3H3,(H,24,25,26). The fourth-order valence-electron chi connectivity index (χ4n) is 3.86. The minimum Gasteiger partial charge on any atom is -0.421 e. The third-order valence-corrected chi connectivity index (χ3v) is 6.04. The van der Waals surface area contributed by atoms with Crippen LogP contribution >= 0.6 is 11.6 Å². The molecule has 0 atom stereocenters. The van der Waals surface area contributed by atoms with Crippen LogP contribution in [-0.2, 0) is 7.05 Å². The summed E-state index contributed by atoms with van der Waals surface area (Å²) in [5.74, 6) is 1.77. The van der Waals surface area contributed by atoms with E-state index in [0.717, 1.165) is 42.8 Å². The summed E-state index contributed by atoms with van der Waals surface area (Å²) in [6.45, 7) is 5.32. The Morgan fingerprint density at radius 1 is 1.09 bits per heavy atom. The number of hydrogen-bond donors (Lipinski definition) is 1. The van der Waals surface area contributed by atoms with E-state index in [4.69, 9.17) is 16.0 Å². The number of nitrogens with one attached hydrogen (secondary N) is 1. The van der Waals surface area contributed by atoms with Crippen molar-refractivity contribution in [2.24, 2.45) is 7.05 Å². The molecule has 5 rings (SSSR count). The molecule has 0 unspecified atom stereocenters. The number of benzene rings is 1. The molecule has 0 saturated carbocycles. The monoisotopic (exact) mass is 466 g/mol. The number of aryl methyl sites for hydroxylation is 2. The number of hydrogen-bond acceptors (Lipinski definition) is 9. The summed E-state index contributed by atoms with van der Waals surface area (Å²) in [7, 11) is 3.82. The lowest BCUT2D eigenvalue weighted by atomic mass is 10.1. The number of anilines is 3. The van der Waals surface area contributed by atoms with Crippen LogP contribution < -0.4 is 15.8 Å². The first-order chi connectivity index (χ1) is 15.9. The van der Waals surface area contributed by atoms with E-state index in [2.05, 4.69) is 42.3 Å². The molecule has 10 nitrogen and oxygen atoms in total. The van der Waals surface area contributed by atoms with E-state index in [-0.39, 0.29) is 11.4 Å². The Bertz CT molecular complexity index is 1390. The lowest BCUT2D eigenvalue weighted by Gasteiger charge is -2.32. The minimum absolute atomic E-state index is 0.198. The van der Waals surface area contributed by atoms with Crippen molar-refractivity contribution in [3.05, 3.63) is 51.7 Å². The van der Waals surface area contributed by atoms with Crippen LogP contribution in [0.2, 0.25) is 5.02 Å². The van der Waals surface area contributed by atoms with Crippen LogP contribution in [0.25, 0.3) is 22.4 Å². The van der Waals surface area contributed by atoms with Gasteiger partial charge in [0.15, 0.2) is 5.82 Å². The van der Waals surface area contributed by atoms with Gasteiger partial charge in [-0.1, -0.05) is 11.6 Å². The number of aromatic nitrogens is 5. The van der Waals surface area contributed by atoms with Gasteiger partial charge in [-0.05, 0) is 31.3 Å². The Balaban J connectivity index is 1.49. The largest absolute Gasteiger partial charge is 0.421 e. The number of halogens is 1. The van der Waals surface area contributed by atoms with Crippen molar-refractivity contribution < 1.29 is 4.42 Å². The van der Waals surface area contributed by atoms with Crippen LogP contribution in [0.15, 0.2) is 39.7 Å². The fraction of sp³-hybridized carbons (Fsp3) is 0.318. The lowest BCUT2D eigenvalue weighted by Crippen LogP contribution is -2.45. The summed E-state index contributed by atoms with van der Waals surface area (Å²) in [5.41, 5.74) is 1.69. The molecule has 0 amide bonds. The first kappa shape index (κ1) is 21.4. The predicted octanol–water partition coefficient (Wildman–Crippen LogP) is 2.84. The van der Waals surface area contributed by atoms with Crippen molar-refractivity contribution in [2.75, 3.05) is 43.4 Å². The predicted molar refractivity (Wildman–Crippen MR) is 127 cm³/mol. The quantitative estimate of drug-likeness (QED) is 0.486. The van der Waals surface area contributed by atoms with E-state index in [1.807, 2.05) is 18.2 Å². The van der Waals surface area contributed by atoms with Crippen LogP contribution in [0.4, 0.5) is 17.5 Å². The van der Waals surface area contributed by atoms with Gasteiger partial charge in [0.1, 0.15) is 10.6 Å². The lowest BCUT2D eigenvalue weighted by molar-refractivity contribution is 0.311. The molecule has 170 valence electrons. The molecular formula is C22H23ClN8O2. The van der Waals surface area contributed by atoms with Gasteiger partial charge in [0, 0.05) is 51.2 Å². The van der Waals surface area contributed by atoms with Crippen LogP contribution in [0.1, 0.15) is 5.89 Å². The van der Waals surface area contributed by atoms with Gasteiger partial charge in [-0.2, -0.15) is 4.98 Å². The molecular weight excluding hydrogens is 444 g/mol. The van der Waals surface area contributed by atoms with Crippen LogP contribution in [0, 0.1) is 6.92 Å². The van der Waals surface area contributed by atoms with Gasteiger partial charge < -0.3 is 24.1 Å². The summed E-state index contributed by atoms with van der Waals surface area (Å²) in [6, 6.07) is 7.44. The first-order valence-corrected chi connectivity index (χ1v) is 10.9. The van der Waals surface area contributed by atoms with Crippen LogP contribution in [-0.4, -0.2) is 62.9 Å². The van der Waals surface area contributed by atoms with Crippen molar-refractivity contribution in [1.82, 2.24) is 29.6 Å². The van der Waals surface area contributed by atoms with E-state index < -0.39 is 0 Å². The van der Waals surface area contributed by atoms with Gasteiger partial charge in [0.25, 0.3) is 11.4 Å². The molecule has 3 aromatic heterocycles. The smallest absolute Gasteiger partial charge is 0.263 e. The van der Waals surface area contributed by atoms with Gasteiger partial charge >= 0.3 is 0 Å². The number of rotatable bonds is 4. The Hall–Kier alpha value is -3.50. The maximum absolute atomic E-state index is 12.8. The molecule has 4 aromatic rings.